The molecule has 4 nitrogen and oxygen atoms in total. The number of rotatable bonds is 4. The van der Waals surface area contributed by atoms with E-state index in [1.54, 1.807) is 29.5 Å². The van der Waals surface area contributed by atoms with Crippen molar-refractivity contribution in [3.8, 4) is 26.7 Å². The molecule has 0 unspecified atom stereocenters. The van der Waals surface area contributed by atoms with E-state index in [9.17, 15) is 8.42 Å². The van der Waals surface area contributed by atoms with Crippen molar-refractivity contribution < 1.29 is 8.42 Å². The van der Waals surface area contributed by atoms with Crippen LogP contribution >= 0.6 is 22.9 Å². The second-order valence-electron chi connectivity index (χ2n) is 8.49. The van der Waals surface area contributed by atoms with Crippen molar-refractivity contribution >= 4 is 32.8 Å². The Kier molecular flexibility index (Phi) is 5.58. The second kappa shape index (κ2) is 7.93. The van der Waals surface area contributed by atoms with Crippen LogP contribution in [0.4, 0.5) is 0 Å². The number of sulfone groups is 1. The normalized spacial score (nSPS) is 12.3. The van der Waals surface area contributed by atoms with Gasteiger partial charge in [0, 0.05) is 16.5 Å². The number of para-hydroxylation sites is 1. The zero-order chi connectivity index (χ0) is 22.4. The topological polar surface area (TPSA) is 52.0 Å². The van der Waals surface area contributed by atoms with Gasteiger partial charge in [0.25, 0.3) is 0 Å². The monoisotopic (exact) mass is 470 g/mol. The first-order valence-corrected chi connectivity index (χ1v) is 12.9. The second-order valence-corrected chi connectivity index (χ2v) is 12.0. The quantitative estimate of drug-likeness (QED) is 0.336. The molecule has 31 heavy (non-hydrogen) atoms. The van der Waals surface area contributed by atoms with Crippen molar-refractivity contribution in [1.82, 2.24) is 9.78 Å². The fourth-order valence-corrected chi connectivity index (χ4v) is 5.13. The number of benzene rings is 2. The Hall–Kier alpha value is -2.41. The van der Waals surface area contributed by atoms with E-state index in [1.807, 2.05) is 47.1 Å². The van der Waals surface area contributed by atoms with Gasteiger partial charge in [-0.25, -0.2) is 13.1 Å². The van der Waals surface area contributed by atoms with Crippen LogP contribution < -0.4 is 0 Å². The van der Waals surface area contributed by atoms with Gasteiger partial charge in [-0.05, 0) is 48.0 Å². The molecular formula is C24H23ClN2O2S2. The summed E-state index contributed by atoms with van der Waals surface area (Å²) in [5.41, 5.74) is 3.50. The Bertz CT molecular complexity index is 1360. The fraction of sp³-hybridized carbons (Fsp3) is 0.208. The molecule has 0 spiro atoms. The van der Waals surface area contributed by atoms with Gasteiger partial charge in [0.15, 0.2) is 9.84 Å². The highest BCUT2D eigenvalue weighted by Crippen LogP contribution is 2.38. The summed E-state index contributed by atoms with van der Waals surface area (Å²) in [5, 5.41) is 5.51. The molecule has 0 N–H and O–H groups in total. The average molecular weight is 471 g/mol. The summed E-state index contributed by atoms with van der Waals surface area (Å²) >= 11 is 8.09. The van der Waals surface area contributed by atoms with Crippen molar-refractivity contribution in [2.24, 2.45) is 0 Å². The maximum atomic E-state index is 12.0. The van der Waals surface area contributed by atoms with Gasteiger partial charge in [-0.1, -0.05) is 56.6 Å². The van der Waals surface area contributed by atoms with Crippen molar-refractivity contribution in [2.75, 3.05) is 6.26 Å². The summed E-state index contributed by atoms with van der Waals surface area (Å²) in [6.07, 6.45) is 1.22. The molecule has 2 heterocycles. The Morgan fingerprint density at radius 2 is 1.65 bits per heavy atom. The van der Waals surface area contributed by atoms with E-state index in [0.29, 0.717) is 9.92 Å². The molecule has 160 valence electrons. The average Bonchev–Trinajstić information content (AvgIpc) is 3.35. The van der Waals surface area contributed by atoms with Gasteiger partial charge in [-0.2, -0.15) is 5.10 Å². The van der Waals surface area contributed by atoms with Crippen LogP contribution in [0.25, 0.3) is 26.7 Å². The fourth-order valence-electron chi connectivity index (χ4n) is 3.24. The first-order chi connectivity index (χ1) is 14.5. The smallest absolute Gasteiger partial charge is 0.175 e. The molecule has 0 fully saturated rings. The minimum absolute atomic E-state index is 0.120. The molecule has 0 saturated heterocycles. The molecule has 0 aliphatic heterocycles. The zero-order valence-corrected chi connectivity index (χ0v) is 20.1. The first kappa shape index (κ1) is 21.8. The van der Waals surface area contributed by atoms with E-state index in [-0.39, 0.29) is 5.41 Å². The lowest BCUT2D eigenvalue weighted by Crippen LogP contribution is -2.12. The Labute approximate surface area is 192 Å². The van der Waals surface area contributed by atoms with E-state index in [0.717, 1.165) is 32.4 Å². The van der Waals surface area contributed by atoms with Crippen LogP contribution in [0.1, 0.15) is 26.5 Å². The molecule has 0 amide bonds. The molecule has 7 heteroatoms. The van der Waals surface area contributed by atoms with E-state index >= 15 is 0 Å². The molecular weight excluding hydrogens is 448 g/mol. The van der Waals surface area contributed by atoms with E-state index in [2.05, 4.69) is 26.8 Å². The summed E-state index contributed by atoms with van der Waals surface area (Å²) in [6.45, 7) is 6.39. The van der Waals surface area contributed by atoms with E-state index < -0.39 is 9.84 Å². The summed E-state index contributed by atoms with van der Waals surface area (Å²) in [4.78, 5) is 2.34. The first-order valence-electron chi connectivity index (χ1n) is 9.80. The summed E-state index contributed by atoms with van der Waals surface area (Å²) < 4.78 is 25.8. The number of nitrogens with zero attached hydrogens (tertiary/aromatic N) is 2. The van der Waals surface area contributed by atoms with Gasteiger partial charge in [-0.3, -0.25) is 0 Å². The number of hydrogen-bond acceptors (Lipinski definition) is 4. The Morgan fingerprint density at radius 1 is 0.935 bits per heavy atom. The highest BCUT2D eigenvalue weighted by molar-refractivity contribution is 7.90. The van der Waals surface area contributed by atoms with Gasteiger partial charge in [0.1, 0.15) is 0 Å². The predicted molar refractivity (Wildman–Crippen MR) is 129 cm³/mol. The van der Waals surface area contributed by atoms with Crippen molar-refractivity contribution in [3.05, 3.63) is 77.4 Å². The largest absolute Gasteiger partial charge is 0.230 e. The maximum absolute atomic E-state index is 12.0. The molecule has 4 aromatic rings. The summed E-state index contributed by atoms with van der Waals surface area (Å²) in [5.74, 6) is 0. The lowest BCUT2D eigenvalue weighted by molar-refractivity contribution is 0.560. The van der Waals surface area contributed by atoms with Crippen LogP contribution in [0.5, 0.6) is 0 Å². The molecule has 2 aromatic heterocycles. The highest BCUT2D eigenvalue weighted by atomic mass is 35.5. The standard InChI is InChI=1S/C24H23ClN2O2S2/c1-24(2,3)23-15-20(27(26-23)19-11-6-5-10-18(19)25)22-13-12-21(30-22)16-8-7-9-17(14-16)31(4,28)29/h5-15H,1-4H3. The van der Waals surface area contributed by atoms with Gasteiger partial charge < -0.3 is 0 Å². The third-order valence-corrected chi connectivity index (χ3v) is 7.55. The number of aromatic nitrogens is 2. The van der Waals surface area contributed by atoms with Gasteiger partial charge in [-0.15, -0.1) is 11.3 Å². The van der Waals surface area contributed by atoms with Crippen LogP contribution in [0.15, 0.2) is 71.6 Å². The van der Waals surface area contributed by atoms with Crippen LogP contribution in [-0.2, 0) is 15.3 Å². The van der Waals surface area contributed by atoms with Crippen LogP contribution in [0.2, 0.25) is 5.02 Å². The molecule has 0 aliphatic carbocycles. The van der Waals surface area contributed by atoms with Gasteiger partial charge in [0.05, 0.1) is 31.9 Å². The van der Waals surface area contributed by atoms with E-state index in [4.69, 9.17) is 16.7 Å². The molecule has 0 saturated carbocycles. The molecule has 0 bridgehead atoms. The van der Waals surface area contributed by atoms with Crippen LogP contribution in [0, 0.1) is 0 Å². The Morgan fingerprint density at radius 3 is 2.32 bits per heavy atom. The minimum Gasteiger partial charge on any atom is -0.230 e. The number of halogens is 1. The Balaban J connectivity index is 1.84. The maximum Gasteiger partial charge on any atom is 0.175 e. The zero-order valence-electron chi connectivity index (χ0n) is 17.8. The van der Waals surface area contributed by atoms with Crippen LogP contribution in [-0.4, -0.2) is 24.5 Å². The minimum atomic E-state index is -3.26. The molecule has 2 aromatic carbocycles. The third-order valence-electron chi connectivity index (χ3n) is 4.96. The highest BCUT2D eigenvalue weighted by Gasteiger charge is 2.23. The number of hydrogen-bond donors (Lipinski definition) is 0. The molecule has 0 radical (unpaired) electrons. The van der Waals surface area contributed by atoms with Gasteiger partial charge in [0.2, 0.25) is 0 Å². The van der Waals surface area contributed by atoms with Crippen molar-refractivity contribution in [2.45, 2.75) is 31.1 Å². The van der Waals surface area contributed by atoms with Crippen LogP contribution in [0.3, 0.4) is 0 Å². The summed E-state index contributed by atoms with van der Waals surface area (Å²) in [7, 11) is -3.26. The lowest BCUT2D eigenvalue weighted by atomic mass is 9.92. The van der Waals surface area contributed by atoms with Crippen molar-refractivity contribution in [1.29, 1.82) is 0 Å². The third kappa shape index (κ3) is 4.47. The molecule has 0 atom stereocenters. The predicted octanol–water partition coefficient (Wildman–Crippen LogP) is 6.62. The summed E-state index contributed by atoms with van der Waals surface area (Å²) in [6, 6.07) is 20.9. The molecule has 0 aliphatic rings. The SMILES string of the molecule is CC(C)(C)c1cc(-c2ccc(-c3cccc(S(C)(=O)=O)c3)s2)n(-c2ccccc2Cl)n1. The lowest BCUT2D eigenvalue weighted by Gasteiger charge is -2.14. The number of thiophene rings is 1. The molecule has 4 rings (SSSR count). The van der Waals surface area contributed by atoms with Gasteiger partial charge >= 0.3 is 0 Å². The van der Waals surface area contributed by atoms with Crippen molar-refractivity contribution in [3.63, 3.8) is 0 Å². The van der Waals surface area contributed by atoms with E-state index in [1.165, 1.54) is 6.26 Å².